The van der Waals surface area contributed by atoms with E-state index in [1.165, 1.54) is 0 Å². The van der Waals surface area contributed by atoms with Crippen LogP contribution in [0.3, 0.4) is 0 Å². The predicted molar refractivity (Wildman–Crippen MR) is 98.5 cm³/mol. The third-order valence-electron chi connectivity index (χ3n) is 4.45. The van der Waals surface area contributed by atoms with E-state index in [-0.39, 0.29) is 24.8 Å². The number of allylic oxidation sites excluding steroid dienone is 4. The first kappa shape index (κ1) is 16.7. The molecule has 0 spiro atoms. The highest BCUT2D eigenvalue weighted by atomic mass is 16.5. The highest BCUT2D eigenvalue weighted by Gasteiger charge is 2.28. The molecule has 136 valence electrons. The molecule has 0 amide bonds. The van der Waals surface area contributed by atoms with E-state index in [1.54, 1.807) is 12.5 Å². The summed E-state index contributed by atoms with van der Waals surface area (Å²) in [5.74, 6) is 0.574. The van der Waals surface area contributed by atoms with Gasteiger partial charge in [-0.1, -0.05) is 18.2 Å². The van der Waals surface area contributed by atoms with Gasteiger partial charge in [0, 0.05) is 0 Å². The minimum atomic E-state index is -0.222. The number of ether oxygens (including phenoxy) is 1. The molecule has 1 saturated heterocycles. The molecular weight excluding hydrogens is 334 g/mol. The zero-order chi connectivity index (χ0) is 17.9. The first-order valence-electron chi connectivity index (χ1n) is 8.66. The molecule has 3 heterocycles. The number of nitrogens with zero attached hydrogens (tertiary/aromatic N) is 5. The third kappa shape index (κ3) is 3.31. The van der Waals surface area contributed by atoms with Gasteiger partial charge in [0.2, 0.25) is 5.95 Å². The fourth-order valence-electron chi connectivity index (χ4n) is 3.12. The van der Waals surface area contributed by atoms with Gasteiger partial charge in [0.25, 0.3) is 0 Å². The fraction of sp³-hybridized carbons (Fsp3) is 0.412. The summed E-state index contributed by atoms with van der Waals surface area (Å²) in [6.07, 6.45) is 12.9. The molecule has 0 saturated carbocycles. The molecule has 0 radical (unpaired) electrons. The van der Waals surface area contributed by atoms with Gasteiger partial charge in [-0.25, -0.2) is 10.4 Å². The Hall–Kier alpha value is -2.78. The van der Waals surface area contributed by atoms with E-state index < -0.39 is 0 Å². The van der Waals surface area contributed by atoms with Crippen LogP contribution >= 0.6 is 0 Å². The van der Waals surface area contributed by atoms with Crippen LogP contribution in [0.25, 0.3) is 11.2 Å². The van der Waals surface area contributed by atoms with E-state index in [1.807, 2.05) is 10.6 Å². The maximum atomic E-state index is 9.26. The molecule has 0 bridgehead atoms. The lowest BCUT2D eigenvalue weighted by Gasteiger charge is -2.14. The van der Waals surface area contributed by atoms with Crippen molar-refractivity contribution in [2.24, 2.45) is 5.10 Å². The van der Waals surface area contributed by atoms with Crippen LogP contribution < -0.4 is 11.2 Å². The molecule has 1 fully saturated rings. The molecule has 1 aliphatic heterocycles. The maximum Gasteiger partial charge on any atom is 0.247 e. The molecule has 9 nitrogen and oxygen atoms in total. The number of nitrogens with one attached hydrogen (secondary N) is 1. The molecule has 2 aromatic rings. The monoisotopic (exact) mass is 355 g/mol. The average molecular weight is 355 g/mol. The Kier molecular flexibility index (Phi) is 4.63. The number of fused-ring (bicyclic) bond motifs is 1. The number of aromatic nitrogens is 4. The van der Waals surface area contributed by atoms with E-state index in [2.05, 4.69) is 37.6 Å². The number of nitrogen functional groups attached to an aromatic ring is 1. The smallest absolute Gasteiger partial charge is 0.247 e. The molecule has 4 N–H and O–H groups in total. The van der Waals surface area contributed by atoms with Crippen LogP contribution in [0, 0.1) is 0 Å². The number of rotatable bonds is 5. The molecule has 0 unspecified atom stereocenters. The van der Waals surface area contributed by atoms with Crippen molar-refractivity contribution in [3.63, 3.8) is 0 Å². The van der Waals surface area contributed by atoms with E-state index in [0.29, 0.717) is 17.1 Å². The van der Waals surface area contributed by atoms with Gasteiger partial charge in [-0.05, 0) is 31.3 Å². The summed E-state index contributed by atoms with van der Waals surface area (Å²) in [5, 5.41) is 13.4. The molecule has 2 atom stereocenters. The number of aliphatic hydroxyl groups excluding tert-OH is 1. The second kappa shape index (κ2) is 7.22. The van der Waals surface area contributed by atoms with Gasteiger partial charge in [-0.2, -0.15) is 15.1 Å². The lowest BCUT2D eigenvalue weighted by atomic mass is 10.1. The minimum Gasteiger partial charge on any atom is -0.394 e. The van der Waals surface area contributed by atoms with Gasteiger partial charge in [-0.15, -0.1) is 0 Å². The van der Waals surface area contributed by atoms with Gasteiger partial charge in [0.15, 0.2) is 11.5 Å². The van der Waals surface area contributed by atoms with Gasteiger partial charge >= 0.3 is 0 Å². The molecule has 4 rings (SSSR count). The van der Waals surface area contributed by atoms with Crippen molar-refractivity contribution < 1.29 is 9.84 Å². The van der Waals surface area contributed by atoms with Crippen molar-refractivity contribution in [3.05, 3.63) is 30.1 Å². The Bertz CT molecular complexity index is 887. The quantitative estimate of drug-likeness (QED) is 0.551. The standard InChI is InChI=1S/C17H21N7O2/c18-15-14-16(24(10-19-14)13-7-6-12(9-25)26-13)22-17(21-15)23-20-8-11-4-2-1-3-5-11/h2,4-5,8,10,12-13,25H,1,3,6-7,9H2,(H3,18,21,22,23)/b20-8+/t12-,13+/m0/s1. The highest BCUT2D eigenvalue weighted by Crippen LogP contribution is 2.31. The summed E-state index contributed by atoms with van der Waals surface area (Å²) in [7, 11) is 0. The SMILES string of the molecule is Nc1nc(N/N=C/C2=CCCC=C2)nc2c1ncn2[C@H]1CC[C@@H](CO)O1. The van der Waals surface area contributed by atoms with Crippen molar-refractivity contribution in [1.82, 2.24) is 19.5 Å². The lowest BCUT2D eigenvalue weighted by Crippen LogP contribution is -2.14. The summed E-state index contributed by atoms with van der Waals surface area (Å²) in [6, 6.07) is 0. The second-order valence-electron chi connectivity index (χ2n) is 6.28. The normalized spacial score (nSPS) is 23.0. The zero-order valence-corrected chi connectivity index (χ0v) is 14.2. The number of aliphatic hydroxyl groups is 1. The average Bonchev–Trinajstić information content (AvgIpc) is 3.29. The summed E-state index contributed by atoms with van der Waals surface area (Å²) in [5.41, 5.74) is 11.0. The summed E-state index contributed by atoms with van der Waals surface area (Å²) in [4.78, 5) is 13.0. The summed E-state index contributed by atoms with van der Waals surface area (Å²) >= 11 is 0. The van der Waals surface area contributed by atoms with Crippen LogP contribution in [0.1, 0.15) is 31.9 Å². The molecule has 2 aromatic heterocycles. The number of imidazole rings is 1. The minimum absolute atomic E-state index is 0.00602. The fourth-order valence-corrected chi connectivity index (χ4v) is 3.12. The van der Waals surface area contributed by atoms with Crippen LogP contribution in [-0.4, -0.2) is 43.6 Å². The van der Waals surface area contributed by atoms with Crippen LogP contribution in [0.5, 0.6) is 0 Å². The van der Waals surface area contributed by atoms with Crippen molar-refractivity contribution in [2.75, 3.05) is 17.8 Å². The first-order chi connectivity index (χ1) is 12.7. The van der Waals surface area contributed by atoms with E-state index in [4.69, 9.17) is 10.5 Å². The number of nitrogens with two attached hydrogens (primary N) is 1. The number of hydrazone groups is 1. The number of hydrogen-bond acceptors (Lipinski definition) is 8. The molecule has 0 aromatic carbocycles. The Morgan fingerprint density at radius 3 is 3.08 bits per heavy atom. The zero-order valence-electron chi connectivity index (χ0n) is 14.2. The Morgan fingerprint density at radius 2 is 2.31 bits per heavy atom. The number of hydrogen-bond donors (Lipinski definition) is 3. The van der Waals surface area contributed by atoms with E-state index in [0.717, 1.165) is 31.3 Å². The van der Waals surface area contributed by atoms with Crippen LogP contribution in [0.4, 0.5) is 11.8 Å². The molecular formula is C17H21N7O2. The van der Waals surface area contributed by atoms with Crippen LogP contribution in [0.2, 0.25) is 0 Å². The molecule has 9 heteroatoms. The first-order valence-corrected chi connectivity index (χ1v) is 8.66. The Balaban J connectivity index is 1.56. The van der Waals surface area contributed by atoms with Crippen molar-refractivity contribution in [3.8, 4) is 0 Å². The van der Waals surface area contributed by atoms with Gasteiger partial charge in [-0.3, -0.25) is 4.57 Å². The maximum absolute atomic E-state index is 9.26. The van der Waals surface area contributed by atoms with Gasteiger partial charge < -0.3 is 15.6 Å². The lowest BCUT2D eigenvalue weighted by molar-refractivity contribution is -0.0207. The highest BCUT2D eigenvalue weighted by molar-refractivity contribution is 5.84. The summed E-state index contributed by atoms with van der Waals surface area (Å²) in [6.45, 7) is 0.00602. The second-order valence-corrected chi connectivity index (χ2v) is 6.28. The topological polar surface area (TPSA) is 123 Å². The molecule has 26 heavy (non-hydrogen) atoms. The Morgan fingerprint density at radius 1 is 1.38 bits per heavy atom. The molecule has 2 aliphatic rings. The third-order valence-corrected chi connectivity index (χ3v) is 4.45. The Labute approximate surface area is 150 Å². The van der Waals surface area contributed by atoms with Crippen molar-refractivity contribution >= 4 is 29.1 Å². The van der Waals surface area contributed by atoms with Crippen LogP contribution in [-0.2, 0) is 4.74 Å². The van der Waals surface area contributed by atoms with E-state index >= 15 is 0 Å². The molecule has 1 aliphatic carbocycles. The van der Waals surface area contributed by atoms with Crippen molar-refractivity contribution in [2.45, 2.75) is 38.0 Å². The van der Waals surface area contributed by atoms with Gasteiger partial charge in [0.05, 0.1) is 25.3 Å². The summed E-state index contributed by atoms with van der Waals surface area (Å²) < 4.78 is 7.63. The number of anilines is 2. The predicted octanol–water partition coefficient (Wildman–Crippen LogP) is 1.75. The van der Waals surface area contributed by atoms with Crippen molar-refractivity contribution in [1.29, 1.82) is 0 Å². The van der Waals surface area contributed by atoms with Gasteiger partial charge in [0.1, 0.15) is 11.7 Å². The van der Waals surface area contributed by atoms with E-state index in [9.17, 15) is 5.11 Å². The van der Waals surface area contributed by atoms with Crippen LogP contribution in [0.15, 0.2) is 35.2 Å². The largest absolute Gasteiger partial charge is 0.394 e.